The van der Waals surface area contributed by atoms with Crippen molar-refractivity contribution in [2.75, 3.05) is 19.6 Å². The van der Waals surface area contributed by atoms with Crippen LogP contribution in [0, 0.1) is 0 Å². The van der Waals surface area contributed by atoms with E-state index in [2.05, 4.69) is 5.32 Å². The van der Waals surface area contributed by atoms with E-state index in [9.17, 15) is 19.2 Å². The molecule has 0 aromatic heterocycles. The van der Waals surface area contributed by atoms with Crippen LogP contribution in [0.5, 0.6) is 0 Å². The monoisotopic (exact) mass is 274 g/mol. The summed E-state index contributed by atoms with van der Waals surface area (Å²) in [7, 11) is 0. The van der Waals surface area contributed by atoms with Gasteiger partial charge in [0, 0.05) is 25.1 Å². The number of amides is 2. The number of likely N-dealkylation sites (tertiary alicyclic amines) is 1. The summed E-state index contributed by atoms with van der Waals surface area (Å²) in [6.45, 7) is 1.13. The Balaban J connectivity index is 2.38. The van der Waals surface area contributed by atoms with Crippen molar-refractivity contribution in [3.05, 3.63) is 0 Å². The minimum absolute atomic E-state index is 0.0648. The Morgan fingerprint density at radius 2 is 2.17 bits per heavy atom. The van der Waals surface area contributed by atoms with Crippen LogP contribution in [0.1, 0.15) is 13.3 Å². The van der Waals surface area contributed by atoms with E-state index < -0.39 is 18.4 Å². The van der Waals surface area contributed by atoms with Crippen molar-refractivity contribution in [1.29, 1.82) is 0 Å². The summed E-state index contributed by atoms with van der Waals surface area (Å²) >= 11 is 1.09. The number of rotatable bonds is 5. The molecule has 1 saturated heterocycles. The molecule has 1 fully saturated rings. The van der Waals surface area contributed by atoms with E-state index in [0.717, 1.165) is 11.8 Å². The Kier molecular flexibility index (Phi) is 5.14. The van der Waals surface area contributed by atoms with Crippen LogP contribution in [-0.4, -0.2) is 57.8 Å². The van der Waals surface area contributed by atoms with Crippen molar-refractivity contribution in [3.63, 3.8) is 0 Å². The molecule has 1 aliphatic heterocycles. The van der Waals surface area contributed by atoms with E-state index in [1.54, 1.807) is 0 Å². The molecule has 0 saturated carbocycles. The molecule has 2 N–H and O–H groups in total. The zero-order chi connectivity index (χ0) is 13.7. The molecule has 100 valence electrons. The number of carboxylic acids is 1. The van der Waals surface area contributed by atoms with E-state index in [1.807, 2.05) is 0 Å². The molecule has 1 heterocycles. The second kappa shape index (κ2) is 6.39. The van der Waals surface area contributed by atoms with Crippen molar-refractivity contribution < 1.29 is 24.3 Å². The number of carbonyl (C=O) groups is 4. The predicted molar refractivity (Wildman–Crippen MR) is 63.9 cm³/mol. The van der Waals surface area contributed by atoms with Gasteiger partial charge >= 0.3 is 5.97 Å². The first-order valence-electron chi connectivity index (χ1n) is 5.32. The Bertz CT molecular complexity index is 384. The zero-order valence-electron chi connectivity index (χ0n) is 9.84. The highest BCUT2D eigenvalue weighted by atomic mass is 32.2. The number of nitrogens with one attached hydrogen (secondary N) is 1. The van der Waals surface area contributed by atoms with Crippen LogP contribution in [0.15, 0.2) is 0 Å². The lowest BCUT2D eigenvalue weighted by Gasteiger charge is -2.15. The SMILES string of the molecule is CC(=O)SC1CC(=O)N(CC(=O)NCC(=O)O)C1. The maximum Gasteiger partial charge on any atom is 0.322 e. The molecule has 0 aliphatic carbocycles. The van der Waals surface area contributed by atoms with Crippen molar-refractivity contribution in [1.82, 2.24) is 10.2 Å². The molecule has 7 nitrogen and oxygen atoms in total. The Hall–Kier alpha value is -1.57. The fourth-order valence-corrected chi connectivity index (χ4v) is 2.56. The van der Waals surface area contributed by atoms with Gasteiger partial charge in [0.15, 0.2) is 5.12 Å². The van der Waals surface area contributed by atoms with Gasteiger partial charge in [-0.3, -0.25) is 19.2 Å². The van der Waals surface area contributed by atoms with Gasteiger partial charge in [0.1, 0.15) is 6.54 Å². The average Bonchev–Trinajstić information content (AvgIpc) is 2.55. The first-order chi connectivity index (χ1) is 8.38. The third-order valence-electron chi connectivity index (χ3n) is 2.28. The summed E-state index contributed by atoms with van der Waals surface area (Å²) in [6, 6.07) is 0. The zero-order valence-corrected chi connectivity index (χ0v) is 10.7. The van der Waals surface area contributed by atoms with Gasteiger partial charge in [0.05, 0.1) is 6.54 Å². The second-order valence-electron chi connectivity index (χ2n) is 3.88. The molecule has 0 aromatic rings. The summed E-state index contributed by atoms with van der Waals surface area (Å²) < 4.78 is 0. The highest BCUT2D eigenvalue weighted by molar-refractivity contribution is 8.14. The van der Waals surface area contributed by atoms with Crippen molar-refractivity contribution in [2.45, 2.75) is 18.6 Å². The molecule has 8 heteroatoms. The smallest absolute Gasteiger partial charge is 0.322 e. The van der Waals surface area contributed by atoms with Crippen LogP contribution in [0.2, 0.25) is 0 Å². The third-order valence-corrected chi connectivity index (χ3v) is 3.26. The van der Waals surface area contributed by atoms with Gasteiger partial charge in [0.25, 0.3) is 0 Å². The van der Waals surface area contributed by atoms with Crippen LogP contribution in [-0.2, 0) is 19.2 Å². The van der Waals surface area contributed by atoms with Crippen molar-refractivity contribution in [3.8, 4) is 0 Å². The average molecular weight is 274 g/mol. The number of hydrogen-bond donors (Lipinski definition) is 2. The predicted octanol–water partition coefficient (Wildman–Crippen LogP) is -0.932. The Morgan fingerprint density at radius 1 is 1.50 bits per heavy atom. The van der Waals surface area contributed by atoms with E-state index in [1.165, 1.54) is 11.8 Å². The molecule has 2 amide bonds. The molecule has 0 aromatic carbocycles. The fourth-order valence-electron chi connectivity index (χ4n) is 1.61. The standard InChI is InChI=1S/C10H14N2O5S/c1-6(13)18-7-2-9(15)12(4-7)5-8(14)11-3-10(16)17/h7H,2-5H2,1H3,(H,11,14)(H,16,17). The van der Waals surface area contributed by atoms with E-state index >= 15 is 0 Å². The maximum absolute atomic E-state index is 11.5. The van der Waals surface area contributed by atoms with Crippen molar-refractivity contribution in [2.24, 2.45) is 0 Å². The number of hydrogen-bond acceptors (Lipinski definition) is 5. The van der Waals surface area contributed by atoms with Gasteiger partial charge in [-0.25, -0.2) is 0 Å². The Labute approximate surface area is 108 Å². The van der Waals surface area contributed by atoms with Gasteiger partial charge in [0.2, 0.25) is 11.8 Å². The molecular weight excluding hydrogens is 260 g/mol. The summed E-state index contributed by atoms with van der Waals surface area (Å²) in [5.74, 6) is -1.85. The molecule has 1 unspecified atom stereocenters. The first kappa shape index (κ1) is 14.5. The maximum atomic E-state index is 11.5. The molecule has 1 rings (SSSR count). The van der Waals surface area contributed by atoms with Crippen LogP contribution in [0.25, 0.3) is 0 Å². The van der Waals surface area contributed by atoms with E-state index in [-0.39, 0.29) is 29.2 Å². The highest BCUT2D eigenvalue weighted by Crippen LogP contribution is 2.23. The largest absolute Gasteiger partial charge is 0.480 e. The third kappa shape index (κ3) is 4.74. The lowest BCUT2D eigenvalue weighted by Crippen LogP contribution is -2.40. The molecular formula is C10H14N2O5S. The molecule has 18 heavy (non-hydrogen) atoms. The Morgan fingerprint density at radius 3 is 2.72 bits per heavy atom. The van der Waals surface area contributed by atoms with Crippen LogP contribution in [0.3, 0.4) is 0 Å². The lowest BCUT2D eigenvalue weighted by atomic mass is 10.4. The number of carboxylic acid groups (broad SMARTS) is 1. The van der Waals surface area contributed by atoms with Gasteiger partial charge in [-0.2, -0.15) is 0 Å². The quantitative estimate of drug-likeness (QED) is 0.671. The van der Waals surface area contributed by atoms with Crippen LogP contribution in [0.4, 0.5) is 0 Å². The molecule has 1 aliphatic rings. The van der Waals surface area contributed by atoms with E-state index in [4.69, 9.17) is 5.11 Å². The van der Waals surface area contributed by atoms with E-state index in [0.29, 0.717) is 6.54 Å². The summed E-state index contributed by atoms with van der Waals surface area (Å²) in [6.07, 6.45) is 0.233. The number of nitrogens with zero attached hydrogens (tertiary/aromatic N) is 1. The van der Waals surface area contributed by atoms with Gasteiger partial charge in [-0.05, 0) is 0 Å². The number of aliphatic carboxylic acids is 1. The highest BCUT2D eigenvalue weighted by Gasteiger charge is 2.31. The molecule has 0 radical (unpaired) electrons. The van der Waals surface area contributed by atoms with Gasteiger partial charge in [-0.15, -0.1) is 0 Å². The molecule has 1 atom stereocenters. The second-order valence-corrected chi connectivity index (χ2v) is 5.36. The molecule has 0 spiro atoms. The summed E-state index contributed by atoms with van der Waals surface area (Å²) in [5, 5.41) is 10.4. The lowest BCUT2D eigenvalue weighted by molar-refractivity contribution is -0.138. The van der Waals surface area contributed by atoms with Crippen LogP contribution < -0.4 is 5.32 Å². The summed E-state index contributed by atoms with van der Waals surface area (Å²) in [5.41, 5.74) is 0. The first-order valence-corrected chi connectivity index (χ1v) is 6.20. The minimum Gasteiger partial charge on any atom is -0.480 e. The van der Waals surface area contributed by atoms with Gasteiger partial charge < -0.3 is 15.3 Å². The van der Waals surface area contributed by atoms with Gasteiger partial charge in [-0.1, -0.05) is 11.8 Å². The number of carbonyl (C=O) groups excluding carboxylic acids is 3. The minimum atomic E-state index is -1.14. The number of thioether (sulfide) groups is 1. The van der Waals surface area contributed by atoms with Crippen LogP contribution >= 0.6 is 11.8 Å². The van der Waals surface area contributed by atoms with Crippen molar-refractivity contribution >= 4 is 34.7 Å². The fraction of sp³-hybridized carbons (Fsp3) is 0.600. The molecule has 0 bridgehead atoms. The normalized spacial score (nSPS) is 18.8. The summed E-state index contributed by atoms with van der Waals surface area (Å²) in [4.78, 5) is 45.4. The topological polar surface area (TPSA) is 104 Å².